The van der Waals surface area contributed by atoms with Crippen molar-refractivity contribution in [3.63, 3.8) is 0 Å². The van der Waals surface area contributed by atoms with Crippen molar-refractivity contribution in [3.05, 3.63) is 21.6 Å². The molecule has 0 aromatic heterocycles. The maximum atomic E-state index is 5.94. The van der Waals surface area contributed by atoms with Crippen molar-refractivity contribution in [2.75, 3.05) is 12.4 Å². The molecule has 0 atom stereocenters. The van der Waals surface area contributed by atoms with E-state index in [0.29, 0.717) is 16.5 Å². The molecule has 1 rings (SSSR count). The van der Waals surface area contributed by atoms with E-state index < -0.39 is 0 Å². The molecule has 0 radical (unpaired) electrons. The van der Waals surface area contributed by atoms with Crippen LogP contribution in [0.2, 0.25) is 5.02 Å². The van der Waals surface area contributed by atoms with E-state index in [9.17, 15) is 0 Å². The van der Waals surface area contributed by atoms with Gasteiger partial charge >= 0.3 is 0 Å². The Labute approximate surface area is 101 Å². The number of methoxy groups -OCH3 is 1. The Balaban J connectivity index is 3.10. The Hall–Kier alpha value is -0.520. The third kappa shape index (κ3) is 2.73. The van der Waals surface area contributed by atoms with Crippen LogP contribution in [0.25, 0.3) is 0 Å². The molecule has 0 bridgehead atoms. The van der Waals surface area contributed by atoms with Crippen LogP contribution >= 0.6 is 39.7 Å². The molecule has 14 heavy (non-hydrogen) atoms. The van der Waals surface area contributed by atoms with Gasteiger partial charge in [0.2, 0.25) is 0 Å². The summed E-state index contributed by atoms with van der Waals surface area (Å²) in [6.07, 6.45) is 0. The minimum atomic E-state index is 0.163. The van der Waals surface area contributed by atoms with Gasteiger partial charge in [0.25, 0.3) is 0 Å². The first kappa shape index (κ1) is 11.6. The van der Waals surface area contributed by atoms with Crippen molar-refractivity contribution in [3.8, 4) is 5.75 Å². The number of nitrogens with two attached hydrogens (primary N) is 1. The predicted molar refractivity (Wildman–Crippen MR) is 66.1 cm³/mol. The first-order chi connectivity index (χ1) is 6.54. The largest absolute Gasteiger partial charge is 0.495 e. The molecule has 1 aromatic carbocycles. The molecule has 0 spiro atoms. The standard InChI is InChI=1S/C8H8BrClN2OS/c1-13-7-3-6(12-8(11)14)5(10)2-4(7)9/h2-3H,1H3,(H3,11,12,14). The first-order valence-corrected chi connectivity index (χ1v) is 5.22. The van der Waals surface area contributed by atoms with Gasteiger partial charge in [0, 0.05) is 6.07 Å². The predicted octanol–water partition coefficient (Wildman–Crippen LogP) is 2.77. The molecule has 0 aliphatic carbocycles. The third-order valence-corrected chi connectivity index (χ3v) is 2.53. The SMILES string of the molecule is COc1cc(NC(N)=S)c(Cl)cc1Br. The van der Waals surface area contributed by atoms with Crippen LogP contribution in [0, 0.1) is 0 Å². The summed E-state index contributed by atoms with van der Waals surface area (Å²) < 4.78 is 5.87. The lowest BCUT2D eigenvalue weighted by Crippen LogP contribution is -2.19. The second kappa shape index (κ2) is 4.82. The molecule has 0 fully saturated rings. The Morgan fingerprint density at radius 2 is 2.29 bits per heavy atom. The summed E-state index contributed by atoms with van der Waals surface area (Å²) in [4.78, 5) is 0. The van der Waals surface area contributed by atoms with E-state index >= 15 is 0 Å². The number of benzene rings is 1. The Morgan fingerprint density at radius 3 is 2.79 bits per heavy atom. The topological polar surface area (TPSA) is 47.3 Å². The van der Waals surface area contributed by atoms with Crippen LogP contribution in [-0.4, -0.2) is 12.2 Å². The molecule has 0 unspecified atom stereocenters. The fourth-order valence-electron chi connectivity index (χ4n) is 0.914. The molecular weight excluding hydrogens is 288 g/mol. The third-order valence-electron chi connectivity index (χ3n) is 1.50. The fourth-order valence-corrected chi connectivity index (χ4v) is 1.87. The van der Waals surface area contributed by atoms with Crippen LogP contribution < -0.4 is 15.8 Å². The van der Waals surface area contributed by atoms with E-state index in [1.165, 1.54) is 0 Å². The fraction of sp³-hybridized carbons (Fsp3) is 0.125. The molecule has 0 amide bonds. The van der Waals surface area contributed by atoms with E-state index in [4.69, 9.17) is 34.3 Å². The van der Waals surface area contributed by atoms with Crippen LogP contribution in [0.4, 0.5) is 5.69 Å². The average Bonchev–Trinajstić information content (AvgIpc) is 2.09. The molecule has 0 saturated heterocycles. The molecule has 0 heterocycles. The number of hydrogen-bond acceptors (Lipinski definition) is 2. The first-order valence-electron chi connectivity index (χ1n) is 3.64. The number of anilines is 1. The lowest BCUT2D eigenvalue weighted by molar-refractivity contribution is 0.412. The van der Waals surface area contributed by atoms with Gasteiger partial charge in [-0.05, 0) is 34.2 Å². The Kier molecular flexibility index (Phi) is 3.97. The molecule has 0 saturated carbocycles. The van der Waals surface area contributed by atoms with Crippen molar-refractivity contribution in [1.29, 1.82) is 0 Å². The lowest BCUT2D eigenvalue weighted by Gasteiger charge is -2.10. The van der Waals surface area contributed by atoms with Gasteiger partial charge in [-0.1, -0.05) is 11.6 Å². The van der Waals surface area contributed by atoms with Gasteiger partial charge in [-0.2, -0.15) is 0 Å². The zero-order valence-electron chi connectivity index (χ0n) is 7.30. The van der Waals surface area contributed by atoms with Crippen LogP contribution in [0.15, 0.2) is 16.6 Å². The van der Waals surface area contributed by atoms with Gasteiger partial charge in [0.1, 0.15) is 5.75 Å². The monoisotopic (exact) mass is 294 g/mol. The number of hydrogen-bond donors (Lipinski definition) is 2. The van der Waals surface area contributed by atoms with E-state index in [1.54, 1.807) is 19.2 Å². The quantitative estimate of drug-likeness (QED) is 0.824. The molecule has 0 aliphatic rings. The molecule has 76 valence electrons. The molecule has 3 N–H and O–H groups in total. The molecule has 6 heteroatoms. The maximum Gasteiger partial charge on any atom is 0.168 e. The minimum absolute atomic E-state index is 0.163. The zero-order valence-corrected chi connectivity index (χ0v) is 10.5. The van der Waals surface area contributed by atoms with Crippen molar-refractivity contribution in [1.82, 2.24) is 0 Å². The number of thiocarbonyl (C=S) groups is 1. The van der Waals surface area contributed by atoms with E-state index in [2.05, 4.69) is 21.2 Å². The minimum Gasteiger partial charge on any atom is -0.495 e. The van der Waals surface area contributed by atoms with Crippen molar-refractivity contribution < 1.29 is 4.74 Å². The second-order valence-corrected chi connectivity index (χ2v) is 4.16. The van der Waals surface area contributed by atoms with Crippen molar-refractivity contribution in [2.24, 2.45) is 5.73 Å². The summed E-state index contributed by atoms with van der Waals surface area (Å²) >= 11 is 14.0. The van der Waals surface area contributed by atoms with Crippen LogP contribution in [0.1, 0.15) is 0 Å². The number of rotatable bonds is 2. The highest BCUT2D eigenvalue weighted by Gasteiger charge is 2.07. The van der Waals surface area contributed by atoms with Gasteiger partial charge < -0.3 is 15.8 Å². The highest BCUT2D eigenvalue weighted by molar-refractivity contribution is 9.10. The Morgan fingerprint density at radius 1 is 1.64 bits per heavy atom. The van der Waals surface area contributed by atoms with Crippen molar-refractivity contribution >= 4 is 50.5 Å². The van der Waals surface area contributed by atoms with E-state index in [1.807, 2.05) is 0 Å². The number of halogens is 2. The van der Waals surface area contributed by atoms with Gasteiger partial charge in [-0.25, -0.2) is 0 Å². The normalized spacial score (nSPS) is 9.64. The average molecular weight is 296 g/mol. The molecule has 3 nitrogen and oxygen atoms in total. The smallest absolute Gasteiger partial charge is 0.168 e. The Bertz CT molecular complexity index is 373. The summed E-state index contributed by atoms with van der Waals surface area (Å²) in [6.45, 7) is 0. The number of ether oxygens (including phenoxy) is 1. The molecule has 0 aliphatic heterocycles. The summed E-state index contributed by atoms with van der Waals surface area (Å²) in [5.41, 5.74) is 5.96. The summed E-state index contributed by atoms with van der Waals surface area (Å²) in [7, 11) is 1.57. The van der Waals surface area contributed by atoms with Gasteiger partial charge in [-0.15, -0.1) is 0 Å². The summed E-state index contributed by atoms with van der Waals surface area (Å²) in [5, 5.41) is 3.43. The summed E-state index contributed by atoms with van der Waals surface area (Å²) in [5.74, 6) is 0.660. The van der Waals surface area contributed by atoms with Gasteiger partial charge in [0.05, 0.1) is 22.3 Å². The van der Waals surface area contributed by atoms with Crippen LogP contribution in [-0.2, 0) is 0 Å². The molecule has 1 aromatic rings. The van der Waals surface area contributed by atoms with Crippen molar-refractivity contribution in [2.45, 2.75) is 0 Å². The van der Waals surface area contributed by atoms with Crippen LogP contribution in [0.3, 0.4) is 0 Å². The van der Waals surface area contributed by atoms with Gasteiger partial charge in [-0.3, -0.25) is 0 Å². The van der Waals surface area contributed by atoms with E-state index in [0.717, 1.165) is 4.47 Å². The zero-order chi connectivity index (χ0) is 10.7. The number of nitrogens with one attached hydrogen (secondary N) is 1. The second-order valence-electron chi connectivity index (χ2n) is 2.46. The summed E-state index contributed by atoms with van der Waals surface area (Å²) in [6, 6.07) is 3.42. The highest BCUT2D eigenvalue weighted by atomic mass is 79.9. The lowest BCUT2D eigenvalue weighted by atomic mass is 10.3. The van der Waals surface area contributed by atoms with Crippen LogP contribution in [0.5, 0.6) is 5.75 Å². The highest BCUT2D eigenvalue weighted by Crippen LogP contribution is 2.34. The molecular formula is C8H8BrClN2OS. The maximum absolute atomic E-state index is 5.94. The van der Waals surface area contributed by atoms with Gasteiger partial charge in [0.15, 0.2) is 5.11 Å². The van der Waals surface area contributed by atoms with E-state index in [-0.39, 0.29) is 5.11 Å².